The number of alkyl carbamates (subject to hydrolysis) is 1. The van der Waals surface area contributed by atoms with Gasteiger partial charge in [0, 0.05) is 49.5 Å². The lowest BCUT2D eigenvalue weighted by atomic mass is 9.94. The molecular formula is C36H41N5O5S. The number of aryl methyl sites for hydroxylation is 1. The van der Waals surface area contributed by atoms with Crippen molar-refractivity contribution in [3.8, 4) is 0 Å². The average molecular weight is 656 g/mol. The summed E-state index contributed by atoms with van der Waals surface area (Å²) in [6, 6.07) is 13.8. The molecule has 11 heteroatoms. The van der Waals surface area contributed by atoms with Crippen LogP contribution in [-0.2, 0) is 45.1 Å². The number of anilines is 2. The summed E-state index contributed by atoms with van der Waals surface area (Å²) < 4.78 is 7.64. The van der Waals surface area contributed by atoms with E-state index < -0.39 is 29.7 Å². The Kier molecular flexibility index (Phi) is 9.09. The van der Waals surface area contributed by atoms with E-state index in [1.165, 1.54) is 0 Å². The number of hydrogen-bond donors (Lipinski definition) is 2. The first-order valence-electron chi connectivity index (χ1n) is 16.1. The van der Waals surface area contributed by atoms with Crippen molar-refractivity contribution in [2.75, 3.05) is 16.3 Å². The molecule has 2 aromatic heterocycles. The van der Waals surface area contributed by atoms with Crippen LogP contribution in [0, 0.1) is 0 Å². The summed E-state index contributed by atoms with van der Waals surface area (Å²) in [6.07, 6.45) is 3.00. The van der Waals surface area contributed by atoms with Crippen molar-refractivity contribution in [3.63, 3.8) is 0 Å². The molecule has 0 spiro atoms. The summed E-state index contributed by atoms with van der Waals surface area (Å²) in [6.45, 7) is 9.00. The molecule has 246 valence electrons. The average Bonchev–Trinajstić information content (AvgIpc) is 3.78. The molecule has 1 unspecified atom stereocenters. The van der Waals surface area contributed by atoms with Crippen LogP contribution in [0.25, 0.3) is 10.9 Å². The Labute approximate surface area is 278 Å². The lowest BCUT2D eigenvalue weighted by Gasteiger charge is -2.37. The predicted molar refractivity (Wildman–Crippen MR) is 184 cm³/mol. The molecule has 0 bridgehead atoms. The van der Waals surface area contributed by atoms with E-state index >= 15 is 0 Å². The minimum absolute atomic E-state index is 0.0391. The number of carbonyl (C=O) groups is 4. The van der Waals surface area contributed by atoms with Gasteiger partial charge in [-0.15, -0.1) is 0 Å². The second kappa shape index (κ2) is 13.2. The van der Waals surface area contributed by atoms with Gasteiger partial charge in [-0.05, 0) is 79.8 Å². The van der Waals surface area contributed by atoms with Gasteiger partial charge < -0.3 is 29.7 Å². The van der Waals surface area contributed by atoms with E-state index in [1.54, 1.807) is 41.9 Å². The van der Waals surface area contributed by atoms with Crippen LogP contribution >= 0.6 is 11.3 Å². The van der Waals surface area contributed by atoms with E-state index in [0.717, 1.165) is 46.2 Å². The van der Waals surface area contributed by atoms with Crippen molar-refractivity contribution in [3.05, 3.63) is 82.2 Å². The number of rotatable bonds is 9. The molecule has 0 aliphatic carbocycles. The zero-order valence-corrected chi connectivity index (χ0v) is 28.1. The molecule has 2 atom stereocenters. The van der Waals surface area contributed by atoms with Crippen molar-refractivity contribution in [2.45, 2.75) is 84.2 Å². The summed E-state index contributed by atoms with van der Waals surface area (Å²) in [5, 5.41) is 10.7. The molecule has 4 amide bonds. The number of carbonyl (C=O) groups excluding carboxylic acids is 4. The number of benzene rings is 2. The SMILES string of the molecule is CCn1cc(C[C@@H](NC(=O)OC(C)(C)C)C(=O)NC2Cc3cccc(N4CCCC4=O)c3N(Cc3ccsc3)C2=O)c2ccccc21. The smallest absolute Gasteiger partial charge is 0.408 e. The fraction of sp³-hybridized carbons (Fsp3) is 0.389. The summed E-state index contributed by atoms with van der Waals surface area (Å²) in [4.78, 5) is 57.7. The minimum atomic E-state index is -1.01. The van der Waals surface area contributed by atoms with E-state index in [2.05, 4.69) is 22.1 Å². The molecule has 0 saturated carbocycles. The first-order valence-corrected chi connectivity index (χ1v) is 17.1. The lowest BCUT2D eigenvalue weighted by Crippen LogP contribution is -2.57. The topological polar surface area (TPSA) is 113 Å². The van der Waals surface area contributed by atoms with Crippen LogP contribution < -0.4 is 20.4 Å². The number of nitrogens with one attached hydrogen (secondary N) is 2. The largest absolute Gasteiger partial charge is 0.444 e. The van der Waals surface area contributed by atoms with Crippen molar-refractivity contribution in [1.29, 1.82) is 0 Å². The molecule has 47 heavy (non-hydrogen) atoms. The Hall–Kier alpha value is -4.64. The van der Waals surface area contributed by atoms with E-state index in [-0.39, 0.29) is 24.7 Å². The number of ether oxygens (including phenoxy) is 1. The highest BCUT2D eigenvalue weighted by molar-refractivity contribution is 7.07. The van der Waals surface area contributed by atoms with Gasteiger partial charge in [-0.3, -0.25) is 14.4 Å². The molecule has 10 nitrogen and oxygen atoms in total. The normalized spacial score (nSPS) is 17.1. The molecule has 6 rings (SSSR count). The summed E-state index contributed by atoms with van der Waals surface area (Å²) in [7, 11) is 0. The van der Waals surface area contributed by atoms with Gasteiger partial charge in [-0.1, -0.05) is 30.3 Å². The van der Waals surface area contributed by atoms with Gasteiger partial charge in [0.15, 0.2) is 0 Å². The quantitative estimate of drug-likeness (QED) is 0.245. The number of aromatic nitrogens is 1. The van der Waals surface area contributed by atoms with Crippen LogP contribution in [0.5, 0.6) is 0 Å². The highest BCUT2D eigenvalue weighted by Crippen LogP contribution is 2.40. The molecule has 2 aliphatic heterocycles. The Bertz CT molecular complexity index is 1810. The minimum Gasteiger partial charge on any atom is -0.444 e. The van der Waals surface area contributed by atoms with E-state index in [0.29, 0.717) is 25.2 Å². The number of nitrogens with zero attached hydrogens (tertiary/aromatic N) is 3. The second-order valence-corrected chi connectivity index (χ2v) is 13.9. The number of hydrogen-bond acceptors (Lipinski definition) is 6. The van der Waals surface area contributed by atoms with Gasteiger partial charge >= 0.3 is 6.09 Å². The standard InChI is InChI=1S/C36H41N5O5S/c1-5-39-21-25(26-11-6-7-12-29(26)39)19-27(38-35(45)46-36(2,3)4)33(43)37-28-18-24-10-8-13-30(40-16-9-14-31(40)42)32(24)41(34(28)44)20-23-15-17-47-22-23/h6-8,10-13,15,17,21-22,27-28H,5,9,14,16,18-20H2,1-4H3,(H,37,43)(H,38,45)/t27-,28?/m1/s1. The third kappa shape index (κ3) is 6.90. The van der Waals surface area contributed by atoms with Crippen LogP contribution in [0.15, 0.2) is 65.5 Å². The molecule has 4 aromatic rings. The monoisotopic (exact) mass is 655 g/mol. The van der Waals surface area contributed by atoms with Gasteiger partial charge in [-0.2, -0.15) is 11.3 Å². The summed E-state index contributed by atoms with van der Waals surface area (Å²) in [5.41, 5.74) is 4.43. The Morgan fingerprint density at radius 3 is 2.60 bits per heavy atom. The van der Waals surface area contributed by atoms with E-state index in [1.807, 2.05) is 65.5 Å². The Morgan fingerprint density at radius 2 is 1.89 bits per heavy atom. The van der Waals surface area contributed by atoms with Gasteiger partial charge in [0.1, 0.15) is 17.7 Å². The number of thiophene rings is 1. The highest BCUT2D eigenvalue weighted by atomic mass is 32.1. The first-order chi connectivity index (χ1) is 22.5. The van der Waals surface area contributed by atoms with Gasteiger partial charge in [0.25, 0.3) is 0 Å². The van der Waals surface area contributed by atoms with Crippen LogP contribution in [0.3, 0.4) is 0 Å². The first kappa shape index (κ1) is 32.3. The summed E-state index contributed by atoms with van der Waals surface area (Å²) in [5.74, 6) is -0.709. The maximum atomic E-state index is 14.3. The third-order valence-corrected chi connectivity index (χ3v) is 9.33. The van der Waals surface area contributed by atoms with Gasteiger partial charge in [0.2, 0.25) is 17.7 Å². The van der Waals surface area contributed by atoms with Gasteiger partial charge in [0.05, 0.1) is 17.9 Å². The van der Waals surface area contributed by atoms with Crippen molar-refractivity contribution in [2.24, 2.45) is 0 Å². The molecule has 2 aromatic carbocycles. The van der Waals surface area contributed by atoms with E-state index in [9.17, 15) is 19.2 Å². The van der Waals surface area contributed by atoms with Crippen LogP contribution in [0.2, 0.25) is 0 Å². The summed E-state index contributed by atoms with van der Waals surface area (Å²) >= 11 is 1.54. The lowest BCUT2D eigenvalue weighted by molar-refractivity contribution is -0.129. The number of fused-ring (bicyclic) bond motifs is 2. The number of amides is 4. The van der Waals surface area contributed by atoms with Crippen molar-refractivity contribution < 1.29 is 23.9 Å². The highest BCUT2D eigenvalue weighted by Gasteiger charge is 2.39. The Morgan fingerprint density at radius 1 is 1.09 bits per heavy atom. The maximum Gasteiger partial charge on any atom is 0.408 e. The maximum absolute atomic E-state index is 14.3. The number of para-hydroxylation sites is 2. The Balaban J connectivity index is 1.31. The van der Waals surface area contributed by atoms with E-state index in [4.69, 9.17) is 4.74 Å². The zero-order valence-electron chi connectivity index (χ0n) is 27.2. The predicted octanol–water partition coefficient (Wildman–Crippen LogP) is 5.56. The van der Waals surface area contributed by atoms with Crippen molar-refractivity contribution >= 4 is 57.4 Å². The second-order valence-electron chi connectivity index (χ2n) is 13.1. The molecule has 1 fully saturated rings. The molecule has 0 radical (unpaired) electrons. The molecular weight excluding hydrogens is 614 g/mol. The third-order valence-electron chi connectivity index (χ3n) is 8.60. The molecule has 2 aliphatic rings. The molecule has 4 heterocycles. The zero-order chi connectivity index (χ0) is 33.3. The van der Waals surface area contributed by atoms with Crippen LogP contribution in [0.1, 0.15) is 57.2 Å². The van der Waals surface area contributed by atoms with Crippen LogP contribution in [-0.4, -0.2) is 52.6 Å². The van der Waals surface area contributed by atoms with Crippen LogP contribution in [0.4, 0.5) is 16.2 Å². The van der Waals surface area contributed by atoms with Crippen molar-refractivity contribution in [1.82, 2.24) is 15.2 Å². The van der Waals surface area contributed by atoms with Gasteiger partial charge in [-0.25, -0.2) is 4.79 Å². The fourth-order valence-electron chi connectivity index (χ4n) is 6.51. The molecule has 1 saturated heterocycles. The molecule has 2 N–H and O–H groups in total. The fourth-order valence-corrected chi connectivity index (χ4v) is 7.17.